The average molecular weight is 378 g/mol. The largest absolute Gasteiger partial charge is 0.403 e. The monoisotopic (exact) mass is 377 g/mol. The van der Waals surface area contributed by atoms with Gasteiger partial charge in [-0.2, -0.15) is 14.7 Å². The molecule has 0 unspecified atom stereocenters. The zero-order valence-electron chi connectivity index (χ0n) is 16.9. The molecule has 0 saturated heterocycles. The van der Waals surface area contributed by atoms with E-state index < -0.39 is 7.94 Å². The molecule has 4 heteroatoms. The Morgan fingerprint density at radius 2 is 0.640 bits per heavy atom. The Balaban J connectivity index is 3.01. The summed E-state index contributed by atoms with van der Waals surface area (Å²) in [5, 5.41) is 0. The van der Waals surface area contributed by atoms with Crippen LogP contribution in [-0.4, -0.2) is 20.8 Å². The molecule has 0 amide bonds. The van der Waals surface area contributed by atoms with Gasteiger partial charge in [0.25, 0.3) is 0 Å². The van der Waals surface area contributed by atoms with Crippen molar-refractivity contribution in [2.24, 2.45) is 0 Å². The van der Waals surface area contributed by atoms with Gasteiger partial charge in [-0.3, -0.25) is 0 Å². The van der Waals surface area contributed by atoms with Crippen LogP contribution >= 0.6 is 7.94 Å². The SMILES string of the molecule is CCCCCCCCCCCCCCCCCCCCC[P+](O)(O)O. The van der Waals surface area contributed by atoms with Gasteiger partial charge >= 0.3 is 7.94 Å². The lowest BCUT2D eigenvalue weighted by molar-refractivity contribution is 0.328. The molecule has 3 N–H and O–H groups in total. The summed E-state index contributed by atoms with van der Waals surface area (Å²) in [5.74, 6) is 0. The van der Waals surface area contributed by atoms with E-state index in [-0.39, 0.29) is 6.16 Å². The third kappa shape index (κ3) is 24.3. The number of unbranched alkanes of at least 4 members (excludes halogenated alkanes) is 18. The van der Waals surface area contributed by atoms with Gasteiger partial charge in [0.05, 0.1) is 0 Å². The fraction of sp³-hybridized carbons (Fsp3) is 1.00. The highest BCUT2D eigenvalue weighted by Gasteiger charge is 2.27. The highest BCUT2D eigenvalue weighted by Crippen LogP contribution is 2.45. The Morgan fingerprint density at radius 1 is 0.400 bits per heavy atom. The maximum atomic E-state index is 8.88. The van der Waals surface area contributed by atoms with Crippen molar-refractivity contribution >= 4 is 7.94 Å². The van der Waals surface area contributed by atoms with Gasteiger partial charge in [0.15, 0.2) is 0 Å². The van der Waals surface area contributed by atoms with E-state index in [2.05, 4.69) is 6.92 Å². The maximum Gasteiger partial charge on any atom is 0.403 e. The minimum absolute atomic E-state index is 0.172. The highest BCUT2D eigenvalue weighted by molar-refractivity contribution is 7.58. The molecule has 0 atom stereocenters. The van der Waals surface area contributed by atoms with Gasteiger partial charge in [0, 0.05) is 0 Å². The summed E-state index contributed by atoms with van der Waals surface area (Å²) in [5.41, 5.74) is 0. The van der Waals surface area contributed by atoms with Crippen molar-refractivity contribution in [2.45, 2.75) is 129 Å². The Bertz CT molecular complexity index is 254. The molecule has 0 aliphatic rings. The zero-order valence-corrected chi connectivity index (χ0v) is 17.8. The van der Waals surface area contributed by atoms with Crippen LogP contribution in [0, 0.1) is 0 Å². The molecule has 0 aromatic heterocycles. The molecular weight excluding hydrogens is 331 g/mol. The summed E-state index contributed by atoms with van der Waals surface area (Å²) in [7, 11) is -3.51. The van der Waals surface area contributed by atoms with Crippen molar-refractivity contribution in [2.75, 3.05) is 6.16 Å². The minimum Gasteiger partial charge on any atom is -0.193 e. The lowest BCUT2D eigenvalue weighted by Gasteiger charge is -2.04. The quantitative estimate of drug-likeness (QED) is 0.156. The van der Waals surface area contributed by atoms with Crippen LogP contribution in [0.1, 0.15) is 129 Å². The summed E-state index contributed by atoms with van der Waals surface area (Å²) in [4.78, 5) is 26.7. The summed E-state index contributed by atoms with van der Waals surface area (Å²) in [6.07, 6.45) is 25.4. The Labute approximate surface area is 158 Å². The van der Waals surface area contributed by atoms with Gasteiger partial charge in [-0.25, -0.2) is 0 Å². The molecule has 0 fully saturated rings. The second-order valence-corrected chi connectivity index (χ2v) is 9.61. The summed E-state index contributed by atoms with van der Waals surface area (Å²) in [6, 6.07) is 0. The Hall–Kier alpha value is 0.310. The molecule has 0 aliphatic heterocycles. The van der Waals surface area contributed by atoms with Crippen LogP contribution in [0.25, 0.3) is 0 Å². The van der Waals surface area contributed by atoms with Crippen LogP contribution in [0.4, 0.5) is 0 Å². The predicted molar refractivity (Wildman–Crippen MR) is 112 cm³/mol. The molecule has 0 bridgehead atoms. The summed E-state index contributed by atoms with van der Waals surface area (Å²) in [6.45, 7) is 2.28. The van der Waals surface area contributed by atoms with Crippen molar-refractivity contribution in [3.05, 3.63) is 0 Å². The van der Waals surface area contributed by atoms with E-state index in [4.69, 9.17) is 14.7 Å². The molecule has 0 aliphatic carbocycles. The third-order valence-corrected chi connectivity index (χ3v) is 5.98. The molecule has 3 nitrogen and oxygen atoms in total. The predicted octanol–water partition coefficient (Wildman–Crippen LogP) is 7.16. The first-order chi connectivity index (χ1) is 12.1. The van der Waals surface area contributed by atoms with Gasteiger partial charge in [-0.05, 0) is 12.8 Å². The highest BCUT2D eigenvalue weighted by atomic mass is 31.2. The molecule has 0 rings (SSSR count). The third-order valence-electron chi connectivity index (χ3n) is 5.06. The van der Waals surface area contributed by atoms with Crippen LogP contribution in [-0.2, 0) is 0 Å². The van der Waals surface area contributed by atoms with E-state index in [0.717, 1.165) is 19.3 Å². The van der Waals surface area contributed by atoms with Crippen LogP contribution in [0.15, 0.2) is 0 Å². The first-order valence-electron chi connectivity index (χ1n) is 11.1. The van der Waals surface area contributed by atoms with Crippen LogP contribution in [0.5, 0.6) is 0 Å². The van der Waals surface area contributed by atoms with E-state index in [1.54, 1.807) is 0 Å². The normalized spacial score (nSPS) is 12.0. The van der Waals surface area contributed by atoms with E-state index in [1.807, 2.05) is 0 Å². The van der Waals surface area contributed by atoms with Gasteiger partial charge in [-0.15, -0.1) is 0 Å². The maximum absolute atomic E-state index is 8.88. The molecular formula is C21H46O3P+. The van der Waals surface area contributed by atoms with Crippen molar-refractivity contribution in [1.82, 2.24) is 0 Å². The topological polar surface area (TPSA) is 60.7 Å². The second kappa shape index (κ2) is 19.1. The molecule has 0 radical (unpaired) electrons. The van der Waals surface area contributed by atoms with Crippen molar-refractivity contribution in [3.63, 3.8) is 0 Å². The van der Waals surface area contributed by atoms with Crippen molar-refractivity contribution in [1.29, 1.82) is 0 Å². The minimum atomic E-state index is -3.51. The van der Waals surface area contributed by atoms with E-state index in [0.29, 0.717) is 0 Å². The van der Waals surface area contributed by atoms with Crippen molar-refractivity contribution in [3.8, 4) is 0 Å². The summed E-state index contributed by atoms with van der Waals surface area (Å²) >= 11 is 0. The number of hydrogen-bond acceptors (Lipinski definition) is 3. The zero-order chi connectivity index (χ0) is 18.6. The molecule has 0 heterocycles. The molecule has 25 heavy (non-hydrogen) atoms. The lowest BCUT2D eigenvalue weighted by Crippen LogP contribution is -1.95. The average Bonchev–Trinajstić information content (AvgIpc) is 2.56. The fourth-order valence-electron chi connectivity index (χ4n) is 3.40. The fourth-order valence-corrected chi connectivity index (χ4v) is 4.05. The molecule has 0 spiro atoms. The van der Waals surface area contributed by atoms with Gasteiger partial charge in [0.2, 0.25) is 0 Å². The summed E-state index contributed by atoms with van der Waals surface area (Å²) < 4.78 is 0. The van der Waals surface area contributed by atoms with E-state index in [1.165, 1.54) is 103 Å². The van der Waals surface area contributed by atoms with Crippen LogP contribution < -0.4 is 0 Å². The molecule has 0 aromatic carbocycles. The standard InChI is InChI=1S/C21H46O3P/c1-2-3-4-5-6-7-8-9-10-11-12-13-14-15-16-17-18-19-20-21-25(22,23)24/h22-24H,2-21H2,1H3/q+1. The lowest BCUT2D eigenvalue weighted by atomic mass is 10.0. The van der Waals surface area contributed by atoms with Crippen LogP contribution in [0.3, 0.4) is 0 Å². The Kier molecular flexibility index (Phi) is 19.3. The second-order valence-electron chi connectivity index (χ2n) is 7.78. The number of hydrogen-bond donors (Lipinski definition) is 3. The van der Waals surface area contributed by atoms with Gasteiger partial charge in [0.1, 0.15) is 6.16 Å². The molecule has 0 saturated carbocycles. The first-order valence-corrected chi connectivity index (χ1v) is 13.0. The van der Waals surface area contributed by atoms with Crippen LogP contribution in [0.2, 0.25) is 0 Å². The van der Waals surface area contributed by atoms with Gasteiger partial charge in [-0.1, -0.05) is 116 Å². The Morgan fingerprint density at radius 3 is 0.880 bits per heavy atom. The number of rotatable bonds is 20. The molecule has 152 valence electrons. The molecule has 0 aromatic rings. The van der Waals surface area contributed by atoms with Gasteiger partial charge < -0.3 is 0 Å². The van der Waals surface area contributed by atoms with Crippen molar-refractivity contribution < 1.29 is 14.7 Å². The first kappa shape index (κ1) is 25.3. The van der Waals surface area contributed by atoms with E-state index in [9.17, 15) is 0 Å². The smallest absolute Gasteiger partial charge is 0.193 e. The van der Waals surface area contributed by atoms with E-state index >= 15 is 0 Å².